The number of hydrogen-bond acceptors (Lipinski definition) is 6. The number of rotatable bonds is 18. The number of hydrogen-bond donors (Lipinski definition) is 3. The Kier molecular flexibility index (Phi) is 16.5. The molecule has 1 atom stereocenters. The summed E-state index contributed by atoms with van der Waals surface area (Å²) in [4.78, 5) is 33.5. The number of carboxylic acids is 1. The lowest BCUT2D eigenvalue weighted by molar-refractivity contribution is -0.136. The van der Waals surface area contributed by atoms with Gasteiger partial charge in [0.2, 0.25) is 11.8 Å². The van der Waals surface area contributed by atoms with Crippen molar-refractivity contribution in [1.82, 2.24) is 10.6 Å². The molecular formula is C19H34N2O6S. The molecular weight excluding hydrogens is 384 g/mol. The number of thioether (sulfide) groups is 1. The summed E-state index contributed by atoms with van der Waals surface area (Å²) in [6.07, 6.45) is 1.57. The van der Waals surface area contributed by atoms with E-state index < -0.39 is 5.97 Å². The third-order valence-electron chi connectivity index (χ3n) is 3.55. The van der Waals surface area contributed by atoms with Crippen LogP contribution in [0.2, 0.25) is 0 Å². The van der Waals surface area contributed by atoms with Gasteiger partial charge in [-0.1, -0.05) is 13.5 Å². The van der Waals surface area contributed by atoms with E-state index in [-0.39, 0.29) is 24.2 Å². The highest BCUT2D eigenvalue weighted by Crippen LogP contribution is 2.09. The fourth-order valence-corrected chi connectivity index (χ4v) is 2.89. The molecule has 0 aromatic heterocycles. The maximum atomic E-state index is 11.9. The normalized spacial score (nSPS) is 11.6. The van der Waals surface area contributed by atoms with Crippen molar-refractivity contribution in [2.24, 2.45) is 5.92 Å². The monoisotopic (exact) mass is 418 g/mol. The van der Waals surface area contributed by atoms with Gasteiger partial charge in [-0.2, -0.15) is 11.8 Å². The standard InChI is InChI=1S/C19H34N2O6S/c1-15(2)18(24)20-7-4-9-26-11-12-27-10-5-8-21-19(25)16(3)14-28-13-6-17(22)23/h16H,1,4-14H2,2-3H3,(H,20,24)(H,21,25)(H,22,23). The third-order valence-corrected chi connectivity index (χ3v) is 4.78. The van der Waals surface area contributed by atoms with Crippen molar-refractivity contribution in [2.75, 3.05) is 51.0 Å². The predicted molar refractivity (Wildman–Crippen MR) is 110 cm³/mol. The lowest BCUT2D eigenvalue weighted by Crippen LogP contribution is -2.31. The molecule has 0 saturated heterocycles. The first-order valence-electron chi connectivity index (χ1n) is 9.51. The second kappa shape index (κ2) is 17.5. The van der Waals surface area contributed by atoms with Gasteiger partial charge in [0.25, 0.3) is 0 Å². The summed E-state index contributed by atoms with van der Waals surface area (Å²) in [5, 5.41) is 14.2. The zero-order valence-electron chi connectivity index (χ0n) is 17.0. The van der Waals surface area contributed by atoms with E-state index in [2.05, 4.69) is 17.2 Å². The molecule has 0 radical (unpaired) electrons. The Labute approximate surface area is 171 Å². The highest BCUT2D eigenvalue weighted by Gasteiger charge is 2.12. The molecule has 0 aromatic carbocycles. The van der Waals surface area contributed by atoms with Crippen molar-refractivity contribution >= 4 is 29.5 Å². The number of ether oxygens (including phenoxy) is 2. The van der Waals surface area contributed by atoms with Crippen LogP contribution < -0.4 is 10.6 Å². The summed E-state index contributed by atoms with van der Waals surface area (Å²) in [6.45, 7) is 10.2. The van der Waals surface area contributed by atoms with Crippen LogP contribution in [0, 0.1) is 5.92 Å². The van der Waals surface area contributed by atoms with E-state index in [4.69, 9.17) is 14.6 Å². The molecule has 162 valence electrons. The van der Waals surface area contributed by atoms with E-state index in [9.17, 15) is 14.4 Å². The summed E-state index contributed by atoms with van der Waals surface area (Å²) >= 11 is 1.48. The Morgan fingerprint density at radius 2 is 1.61 bits per heavy atom. The first-order valence-corrected chi connectivity index (χ1v) is 10.7. The Morgan fingerprint density at radius 1 is 1.04 bits per heavy atom. The summed E-state index contributed by atoms with van der Waals surface area (Å²) in [5.74, 6) is 0.0116. The Balaban J connectivity index is 3.38. The quantitative estimate of drug-likeness (QED) is 0.228. The molecule has 8 nitrogen and oxygen atoms in total. The Morgan fingerprint density at radius 3 is 2.14 bits per heavy atom. The minimum Gasteiger partial charge on any atom is -0.481 e. The molecule has 0 bridgehead atoms. The van der Waals surface area contributed by atoms with Gasteiger partial charge in [0.15, 0.2) is 0 Å². The topological polar surface area (TPSA) is 114 Å². The summed E-state index contributed by atoms with van der Waals surface area (Å²) in [7, 11) is 0. The molecule has 0 aromatic rings. The van der Waals surface area contributed by atoms with Crippen LogP contribution in [-0.2, 0) is 23.9 Å². The van der Waals surface area contributed by atoms with Gasteiger partial charge in [-0.3, -0.25) is 14.4 Å². The minimum absolute atomic E-state index is 0.0232. The summed E-state index contributed by atoms with van der Waals surface area (Å²) in [5.41, 5.74) is 0.495. The second-order valence-corrected chi connectivity index (χ2v) is 7.53. The summed E-state index contributed by atoms with van der Waals surface area (Å²) in [6, 6.07) is 0. The van der Waals surface area contributed by atoms with Crippen molar-refractivity contribution in [3.63, 3.8) is 0 Å². The average Bonchev–Trinajstić information content (AvgIpc) is 2.65. The van der Waals surface area contributed by atoms with Gasteiger partial charge in [0.05, 0.1) is 19.6 Å². The van der Waals surface area contributed by atoms with Gasteiger partial charge in [-0.05, 0) is 19.8 Å². The Hall–Kier alpha value is -1.58. The van der Waals surface area contributed by atoms with E-state index >= 15 is 0 Å². The van der Waals surface area contributed by atoms with Crippen molar-refractivity contribution in [1.29, 1.82) is 0 Å². The predicted octanol–water partition coefficient (Wildman–Crippen LogP) is 1.45. The molecule has 3 N–H and O–H groups in total. The fourth-order valence-electron chi connectivity index (χ4n) is 1.90. The van der Waals surface area contributed by atoms with Crippen LogP contribution in [0.5, 0.6) is 0 Å². The molecule has 1 unspecified atom stereocenters. The van der Waals surface area contributed by atoms with Crippen LogP contribution in [0.1, 0.15) is 33.1 Å². The van der Waals surface area contributed by atoms with Gasteiger partial charge < -0.3 is 25.2 Å². The van der Waals surface area contributed by atoms with Crippen molar-refractivity contribution < 1.29 is 29.0 Å². The SMILES string of the molecule is C=C(C)C(=O)NCCCOCCOCCCNC(=O)C(C)CSCCC(=O)O. The van der Waals surface area contributed by atoms with Gasteiger partial charge in [0.1, 0.15) is 0 Å². The molecule has 0 spiro atoms. The number of carbonyl (C=O) groups is 3. The van der Waals surface area contributed by atoms with Crippen LogP contribution in [0.4, 0.5) is 0 Å². The number of carbonyl (C=O) groups excluding carboxylic acids is 2. The van der Waals surface area contributed by atoms with Crippen molar-refractivity contribution in [3.8, 4) is 0 Å². The minimum atomic E-state index is -0.818. The number of nitrogens with one attached hydrogen (secondary N) is 2. The maximum Gasteiger partial charge on any atom is 0.304 e. The molecule has 28 heavy (non-hydrogen) atoms. The third kappa shape index (κ3) is 16.6. The lowest BCUT2D eigenvalue weighted by atomic mass is 10.2. The zero-order valence-corrected chi connectivity index (χ0v) is 17.8. The molecule has 0 rings (SSSR count). The molecule has 0 heterocycles. The highest BCUT2D eigenvalue weighted by molar-refractivity contribution is 7.99. The van der Waals surface area contributed by atoms with Crippen molar-refractivity contribution in [2.45, 2.75) is 33.1 Å². The number of amides is 2. The molecule has 9 heteroatoms. The zero-order chi connectivity index (χ0) is 21.2. The first kappa shape index (κ1) is 26.4. The van der Waals surface area contributed by atoms with E-state index in [1.54, 1.807) is 6.92 Å². The van der Waals surface area contributed by atoms with E-state index in [0.717, 1.165) is 12.8 Å². The average molecular weight is 419 g/mol. The maximum absolute atomic E-state index is 11.9. The number of carboxylic acid groups (broad SMARTS) is 1. The van der Waals surface area contributed by atoms with Crippen LogP contribution in [0.3, 0.4) is 0 Å². The molecule has 0 aliphatic rings. The summed E-state index contributed by atoms with van der Waals surface area (Å²) < 4.78 is 10.8. The molecule has 0 aliphatic heterocycles. The van der Waals surface area contributed by atoms with Crippen LogP contribution in [0.15, 0.2) is 12.2 Å². The molecule has 0 aliphatic carbocycles. The lowest BCUT2D eigenvalue weighted by Gasteiger charge is -2.12. The van der Waals surface area contributed by atoms with E-state index in [1.165, 1.54) is 11.8 Å². The van der Waals surface area contributed by atoms with E-state index in [1.807, 2.05) is 6.92 Å². The largest absolute Gasteiger partial charge is 0.481 e. The van der Waals surface area contributed by atoms with Gasteiger partial charge >= 0.3 is 5.97 Å². The van der Waals surface area contributed by atoms with Crippen LogP contribution >= 0.6 is 11.8 Å². The number of aliphatic carboxylic acids is 1. The second-order valence-electron chi connectivity index (χ2n) is 6.38. The van der Waals surface area contributed by atoms with Crippen LogP contribution in [0.25, 0.3) is 0 Å². The first-order chi connectivity index (χ1) is 13.3. The highest BCUT2D eigenvalue weighted by atomic mass is 32.2. The van der Waals surface area contributed by atoms with Crippen LogP contribution in [-0.4, -0.2) is 73.9 Å². The van der Waals surface area contributed by atoms with E-state index in [0.29, 0.717) is 56.6 Å². The van der Waals surface area contributed by atoms with Crippen molar-refractivity contribution in [3.05, 3.63) is 12.2 Å². The molecule has 0 saturated carbocycles. The molecule has 0 fully saturated rings. The Bertz CT molecular complexity index is 487. The van der Waals surface area contributed by atoms with Gasteiger partial charge in [0, 0.05) is 49.3 Å². The van der Waals surface area contributed by atoms with Gasteiger partial charge in [-0.25, -0.2) is 0 Å². The molecule has 2 amide bonds. The smallest absolute Gasteiger partial charge is 0.304 e. The fraction of sp³-hybridized carbons (Fsp3) is 0.737. The van der Waals surface area contributed by atoms with Gasteiger partial charge in [-0.15, -0.1) is 0 Å².